The van der Waals surface area contributed by atoms with E-state index in [9.17, 15) is 0 Å². The second kappa shape index (κ2) is 5.01. The number of anilines is 2. The van der Waals surface area contributed by atoms with Crippen molar-refractivity contribution in [3.63, 3.8) is 0 Å². The summed E-state index contributed by atoms with van der Waals surface area (Å²) in [6.45, 7) is 4.05. The molecule has 0 saturated heterocycles. The number of nitrogens with zero attached hydrogens (tertiary/aromatic N) is 6. The molecule has 3 aromatic rings. The maximum atomic E-state index is 6.06. The summed E-state index contributed by atoms with van der Waals surface area (Å²) >= 11 is 6.06. The first kappa shape index (κ1) is 12.7. The van der Waals surface area contributed by atoms with Gasteiger partial charge in [-0.25, -0.2) is 0 Å². The molecule has 0 unspecified atom stereocenters. The molecule has 0 fully saturated rings. The lowest BCUT2D eigenvalue weighted by molar-refractivity contribution is 0.721. The quantitative estimate of drug-likeness (QED) is 0.797. The summed E-state index contributed by atoms with van der Waals surface area (Å²) in [5, 5.41) is 23.8. The number of nitrogens with one attached hydrogen (secondary N) is 1. The van der Waals surface area contributed by atoms with Crippen LogP contribution in [0, 0.1) is 0 Å². The van der Waals surface area contributed by atoms with E-state index >= 15 is 0 Å². The van der Waals surface area contributed by atoms with Crippen molar-refractivity contribution in [2.24, 2.45) is 0 Å². The van der Waals surface area contributed by atoms with Gasteiger partial charge in [0.05, 0.1) is 5.69 Å². The Morgan fingerprint density at radius 1 is 1.25 bits per heavy atom. The minimum Gasteiger partial charge on any atom is -0.336 e. The summed E-state index contributed by atoms with van der Waals surface area (Å²) < 4.78 is 1.64. The first-order valence-electron chi connectivity index (χ1n) is 6.11. The van der Waals surface area contributed by atoms with Gasteiger partial charge in [0.25, 0.3) is 0 Å². The molecule has 0 atom stereocenters. The number of halogens is 1. The van der Waals surface area contributed by atoms with Gasteiger partial charge in [-0.1, -0.05) is 25.4 Å². The predicted octanol–water partition coefficient (Wildman–Crippen LogP) is 2.43. The summed E-state index contributed by atoms with van der Waals surface area (Å²) in [6, 6.07) is 5.28. The van der Waals surface area contributed by atoms with Crippen molar-refractivity contribution >= 4 is 28.8 Å². The van der Waals surface area contributed by atoms with Gasteiger partial charge in [0, 0.05) is 18.2 Å². The Labute approximate surface area is 120 Å². The van der Waals surface area contributed by atoms with Crippen molar-refractivity contribution in [3.05, 3.63) is 35.4 Å². The highest BCUT2D eigenvalue weighted by atomic mass is 35.5. The lowest BCUT2D eigenvalue weighted by Crippen LogP contribution is -2.04. The Hall–Kier alpha value is -2.28. The second-order valence-electron chi connectivity index (χ2n) is 4.56. The molecule has 1 N–H and O–H groups in total. The molecule has 0 aliphatic carbocycles. The van der Waals surface area contributed by atoms with Crippen molar-refractivity contribution in [3.8, 4) is 0 Å². The molecule has 3 aromatic heterocycles. The summed E-state index contributed by atoms with van der Waals surface area (Å²) in [5.74, 6) is 1.55. The van der Waals surface area contributed by atoms with Crippen LogP contribution in [0.1, 0.15) is 25.6 Å². The third kappa shape index (κ3) is 2.27. The first-order valence-corrected chi connectivity index (χ1v) is 6.49. The van der Waals surface area contributed by atoms with Gasteiger partial charge in [0.2, 0.25) is 5.65 Å². The van der Waals surface area contributed by atoms with Gasteiger partial charge in [-0.2, -0.15) is 14.7 Å². The average Bonchev–Trinajstić information content (AvgIpc) is 2.83. The molecule has 7 nitrogen and oxygen atoms in total. The van der Waals surface area contributed by atoms with Crippen LogP contribution in [0.2, 0.25) is 5.15 Å². The van der Waals surface area contributed by atoms with Gasteiger partial charge in [-0.3, -0.25) is 0 Å². The molecule has 3 heterocycles. The molecule has 0 aliphatic heterocycles. The Morgan fingerprint density at radius 3 is 2.80 bits per heavy atom. The highest BCUT2D eigenvalue weighted by molar-refractivity contribution is 6.29. The molecule has 3 rings (SSSR count). The van der Waals surface area contributed by atoms with Crippen LogP contribution in [0.25, 0.3) is 5.65 Å². The second-order valence-corrected chi connectivity index (χ2v) is 4.95. The number of aromatic nitrogens is 6. The van der Waals surface area contributed by atoms with Gasteiger partial charge in [0.15, 0.2) is 16.8 Å². The first-order chi connectivity index (χ1) is 9.65. The van der Waals surface area contributed by atoms with Crippen LogP contribution in [-0.4, -0.2) is 30.0 Å². The lowest BCUT2D eigenvalue weighted by Gasteiger charge is -2.07. The maximum Gasteiger partial charge on any atom is 0.201 e. The summed E-state index contributed by atoms with van der Waals surface area (Å²) in [6.07, 6.45) is 1.61. The highest BCUT2D eigenvalue weighted by Gasteiger charge is 2.15. The number of hydrogen-bond donors (Lipinski definition) is 1. The normalized spacial score (nSPS) is 11.2. The number of rotatable bonds is 3. The largest absolute Gasteiger partial charge is 0.336 e. The van der Waals surface area contributed by atoms with Gasteiger partial charge in [-0.15, -0.1) is 15.3 Å². The Bertz CT molecular complexity index is 738. The highest BCUT2D eigenvalue weighted by Crippen LogP contribution is 2.24. The molecular weight excluding hydrogens is 278 g/mol. The zero-order valence-corrected chi connectivity index (χ0v) is 11.7. The van der Waals surface area contributed by atoms with Crippen molar-refractivity contribution in [1.29, 1.82) is 0 Å². The fraction of sp³-hybridized carbons (Fsp3) is 0.250. The molecule has 0 amide bonds. The summed E-state index contributed by atoms with van der Waals surface area (Å²) in [5.41, 5.74) is 1.29. The van der Waals surface area contributed by atoms with Gasteiger partial charge >= 0.3 is 0 Å². The zero-order chi connectivity index (χ0) is 14.1. The van der Waals surface area contributed by atoms with Crippen molar-refractivity contribution in [1.82, 2.24) is 30.0 Å². The standard InChI is InChI=1S/C12H12ClN7/c1-7(2)11-17-18-12-8(6-9(13)19-20(11)12)15-10-4-3-5-14-16-10/h3-7H,1-2H3,(H,15,16). The van der Waals surface area contributed by atoms with Gasteiger partial charge < -0.3 is 5.32 Å². The van der Waals surface area contributed by atoms with E-state index in [2.05, 4.69) is 30.8 Å². The minimum absolute atomic E-state index is 0.195. The third-order valence-electron chi connectivity index (χ3n) is 2.72. The van der Waals surface area contributed by atoms with E-state index in [1.165, 1.54) is 0 Å². The Morgan fingerprint density at radius 2 is 2.10 bits per heavy atom. The third-order valence-corrected chi connectivity index (χ3v) is 2.90. The van der Waals surface area contributed by atoms with Gasteiger partial charge in [-0.05, 0) is 12.1 Å². The summed E-state index contributed by atoms with van der Waals surface area (Å²) in [7, 11) is 0. The van der Waals surface area contributed by atoms with Crippen molar-refractivity contribution in [2.75, 3.05) is 5.32 Å². The fourth-order valence-corrected chi connectivity index (χ4v) is 2.01. The average molecular weight is 290 g/mol. The molecule has 0 aromatic carbocycles. The van der Waals surface area contributed by atoms with Crippen molar-refractivity contribution in [2.45, 2.75) is 19.8 Å². The van der Waals surface area contributed by atoms with E-state index in [1.54, 1.807) is 28.9 Å². The smallest absolute Gasteiger partial charge is 0.201 e. The topological polar surface area (TPSA) is 80.9 Å². The number of fused-ring (bicyclic) bond motifs is 1. The predicted molar refractivity (Wildman–Crippen MR) is 75.2 cm³/mol. The molecule has 0 aliphatic rings. The summed E-state index contributed by atoms with van der Waals surface area (Å²) in [4.78, 5) is 0. The lowest BCUT2D eigenvalue weighted by atomic mass is 10.2. The maximum absolute atomic E-state index is 6.06. The SMILES string of the molecule is CC(C)c1nnc2c(Nc3cccnn3)cc(Cl)nn12. The van der Waals surface area contributed by atoms with E-state index in [0.717, 1.165) is 5.82 Å². The molecule has 0 spiro atoms. The molecular formula is C12H12ClN7. The van der Waals surface area contributed by atoms with Crippen LogP contribution >= 0.6 is 11.6 Å². The molecule has 0 radical (unpaired) electrons. The van der Waals surface area contributed by atoms with Crippen molar-refractivity contribution < 1.29 is 0 Å². The van der Waals surface area contributed by atoms with E-state index in [0.29, 0.717) is 22.3 Å². The van der Waals surface area contributed by atoms with Crippen LogP contribution in [-0.2, 0) is 0 Å². The van der Waals surface area contributed by atoms with Gasteiger partial charge in [0.1, 0.15) is 0 Å². The van der Waals surface area contributed by atoms with Crippen LogP contribution in [0.3, 0.4) is 0 Å². The monoisotopic (exact) mass is 289 g/mol. The molecule has 0 bridgehead atoms. The van der Waals surface area contributed by atoms with Crippen LogP contribution in [0.5, 0.6) is 0 Å². The van der Waals surface area contributed by atoms with E-state index in [4.69, 9.17) is 11.6 Å². The van der Waals surface area contributed by atoms with E-state index in [1.807, 2.05) is 13.8 Å². The molecule has 20 heavy (non-hydrogen) atoms. The minimum atomic E-state index is 0.195. The van der Waals surface area contributed by atoms with E-state index < -0.39 is 0 Å². The molecule has 8 heteroatoms. The van der Waals surface area contributed by atoms with Crippen LogP contribution in [0.15, 0.2) is 24.4 Å². The van der Waals surface area contributed by atoms with Crippen LogP contribution < -0.4 is 5.32 Å². The zero-order valence-electron chi connectivity index (χ0n) is 10.9. The Balaban J connectivity index is 2.11. The van der Waals surface area contributed by atoms with Crippen LogP contribution in [0.4, 0.5) is 11.5 Å². The van der Waals surface area contributed by atoms with E-state index in [-0.39, 0.29) is 5.92 Å². The Kier molecular flexibility index (Phi) is 3.19. The fourth-order valence-electron chi connectivity index (χ4n) is 1.82. The molecule has 0 saturated carbocycles. The number of hydrogen-bond acceptors (Lipinski definition) is 6. The molecule has 102 valence electrons.